The summed E-state index contributed by atoms with van der Waals surface area (Å²) in [5.74, 6) is -1.24. The number of halogens is 2. The van der Waals surface area contributed by atoms with Crippen molar-refractivity contribution in [3.05, 3.63) is 45.9 Å². The van der Waals surface area contributed by atoms with Crippen molar-refractivity contribution < 1.29 is 23.5 Å². The summed E-state index contributed by atoms with van der Waals surface area (Å²) < 4.78 is 25.2. The highest BCUT2D eigenvalue weighted by molar-refractivity contribution is 6.31. The minimum absolute atomic E-state index is 0.0408. The Balaban J connectivity index is 1.93. The molecule has 26 heavy (non-hydrogen) atoms. The minimum atomic E-state index is -1.02. The second-order valence-electron chi connectivity index (χ2n) is 6.31. The molecule has 0 aliphatic carbocycles. The normalized spacial score (nSPS) is 23.2. The molecule has 0 radical (unpaired) electrons. The van der Waals surface area contributed by atoms with Crippen LogP contribution in [-0.4, -0.2) is 43.3 Å². The molecule has 140 valence electrons. The predicted molar refractivity (Wildman–Crippen MR) is 93.1 cm³/mol. The largest absolute Gasteiger partial charge is 0.459 e. The summed E-state index contributed by atoms with van der Waals surface area (Å²) in [7, 11) is 1.53. The molecule has 3 rings (SSSR count). The second kappa shape index (κ2) is 7.63. The van der Waals surface area contributed by atoms with Gasteiger partial charge in [-0.05, 0) is 31.9 Å². The first-order valence-electron chi connectivity index (χ1n) is 8.37. The molecule has 1 aromatic carbocycles. The molecular formula is C18H20ClFN2O4. The van der Waals surface area contributed by atoms with E-state index < -0.39 is 23.9 Å². The van der Waals surface area contributed by atoms with Gasteiger partial charge in [-0.1, -0.05) is 17.7 Å². The molecule has 0 bridgehead atoms. The van der Waals surface area contributed by atoms with Gasteiger partial charge in [0.1, 0.15) is 12.4 Å². The van der Waals surface area contributed by atoms with Gasteiger partial charge in [0.15, 0.2) is 0 Å². The van der Waals surface area contributed by atoms with Crippen molar-refractivity contribution in [2.45, 2.75) is 31.9 Å². The number of rotatable bonds is 4. The molecule has 2 amide bonds. The average Bonchev–Trinajstić information content (AvgIpc) is 3.11. The number of ether oxygens (including phenoxy) is 2. The molecule has 1 fully saturated rings. The van der Waals surface area contributed by atoms with Crippen molar-refractivity contribution in [1.29, 1.82) is 0 Å². The van der Waals surface area contributed by atoms with Crippen LogP contribution in [0.15, 0.2) is 29.5 Å². The van der Waals surface area contributed by atoms with Gasteiger partial charge in [0.05, 0.1) is 17.7 Å². The molecule has 2 atom stereocenters. The quantitative estimate of drug-likeness (QED) is 0.812. The average molecular weight is 383 g/mol. The molecule has 1 N–H and O–H groups in total. The van der Waals surface area contributed by atoms with Crippen molar-refractivity contribution in [2.24, 2.45) is 0 Å². The van der Waals surface area contributed by atoms with Crippen LogP contribution in [0.3, 0.4) is 0 Å². The first-order valence-corrected chi connectivity index (χ1v) is 8.75. The van der Waals surface area contributed by atoms with Crippen LogP contribution >= 0.6 is 11.6 Å². The van der Waals surface area contributed by atoms with Crippen LogP contribution in [0.1, 0.15) is 31.4 Å². The molecular weight excluding hydrogens is 363 g/mol. The Morgan fingerprint density at radius 2 is 2.27 bits per heavy atom. The van der Waals surface area contributed by atoms with Gasteiger partial charge in [0, 0.05) is 29.9 Å². The first-order chi connectivity index (χ1) is 12.4. The van der Waals surface area contributed by atoms with E-state index in [2.05, 4.69) is 5.32 Å². The fraction of sp³-hybridized carbons (Fsp3) is 0.444. The molecule has 6 nitrogen and oxygen atoms in total. The lowest BCUT2D eigenvalue weighted by atomic mass is 9.94. The monoisotopic (exact) mass is 382 g/mol. The zero-order valence-corrected chi connectivity index (χ0v) is 15.3. The molecule has 1 aromatic rings. The third-order valence-electron chi connectivity index (χ3n) is 4.69. The number of hydrogen-bond acceptors (Lipinski definition) is 4. The number of esters is 1. The van der Waals surface area contributed by atoms with Crippen LogP contribution in [-0.2, 0) is 14.3 Å². The fourth-order valence-electron chi connectivity index (χ4n) is 3.13. The smallest absolute Gasteiger partial charge is 0.338 e. The molecule has 0 unspecified atom stereocenters. The Bertz CT molecular complexity index is 741. The lowest BCUT2D eigenvalue weighted by Crippen LogP contribution is -2.46. The van der Waals surface area contributed by atoms with Gasteiger partial charge < -0.3 is 19.7 Å². The second-order valence-corrected chi connectivity index (χ2v) is 6.72. The number of nitrogens with zero attached hydrogens (tertiary/aromatic N) is 1. The van der Waals surface area contributed by atoms with Crippen molar-refractivity contribution in [3.63, 3.8) is 0 Å². The van der Waals surface area contributed by atoms with Crippen LogP contribution in [0.2, 0.25) is 5.02 Å². The zero-order chi connectivity index (χ0) is 18.8. The lowest BCUT2D eigenvalue weighted by molar-refractivity contribution is -0.142. The number of allylic oxidation sites excluding steroid dienone is 1. The number of nitrogens with one attached hydrogen (secondary N) is 1. The fourth-order valence-corrected chi connectivity index (χ4v) is 3.40. The predicted octanol–water partition coefficient (Wildman–Crippen LogP) is 3.17. The van der Waals surface area contributed by atoms with E-state index in [0.717, 1.165) is 12.8 Å². The molecule has 2 heterocycles. The highest BCUT2D eigenvalue weighted by Crippen LogP contribution is 2.35. The molecule has 8 heteroatoms. The van der Waals surface area contributed by atoms with E-state index in [9.17, 15) is 14.0 Å². The highest BCUT2D eigenvalue weighted by Gasteiger charge is 2.37. The van der Waals surface area contributed by atoms with Crippen molar-refractivity contribution in [2.75, 3.05) is 20.3 Å². The van der Waals surface area contributed by atoms with Gasteiger partial charge in [0.2, 0.25) is 0 Å². The van der Waals surface area contributed by atoms with Crippen LogP contribution in [0.4, 0.5) is 9.18 Å². The molecule has 2 aliphatic heterocycles. The standard InChI is InChI=1S/C18H20ClFN2O4/c1-10-14(17(23)26-9-11-5-4-8-25-11)16(21-18(24)22(10)2)15-12(19)6-3-7-13(15)20/h3,6-7,11,16H,4-5,8-9H2,1-2H3,(H,21,24)/t11-,16-/m1/s1. The van der Waals surface area contributed by atoms with E-state index >= 15 is 0 Å². The van der Waals surface area contributed by atoms with E-state index in [1.165, 1.54) is 30.1 Å². The van der Waals surface area contributed by atoms with Crippen LogP contribution < -0.4 is 5.32 Å². The number of benzene rings is 1. The van der Waals surface area contributed by atoms with Gasteiger partial charge in [0.25, 0.3) is 0 Å². The van der Waals surface area contributed by atoms with Crippen molar-refractivity contribution in [3.8, 4) is 0 Å². The molecule has 2 aliphatic rings. The highest BCUT2D eigenvalue weighted by atomic mass is 35.5. The van der Waals surface area contributed by atoms with E-state index in [1.54, 1.807) is 6.92 Å². The summed E-state index contributed by atoms with van der Waals surface area (Å²) in [5.41, 5.74) is 0.576. The Morgan fingerprint density at radius 1 is 1.50 bits per heavy atom. The van der Waals surface area contributed by atoms with E-state index in [1.807, 2.05) is 0 Å². The first kappa shape index (κ1) is 18.7. The topological polar surface area (TPSA) is 67.9 Å². The maximum Gasteiger partial charge on any atom is 0.338 e. The van der Waals surface area contributed by atoms with E-state index in [-0.39, 0.29) is 28.9 Å². The Morgan fingerprint density at radius 3 is 2.92 bits per heavy atom. The Kier molecular flexibility index (Phi) is 5.48. The van der Waals surface area contributed by atoms with Crippen LogP contribution in [0.5, 0.6) is 0 Å². The van der Waals surface area contributed by atoms with Crippen molar-refractivity contribution >= 4 is 23.6 Å². The summed E-state index contributed by atoms with van der Waals surface area (Å²) in [5, 5.41) is 2.75. The summed E-state index contributed by atoms with van der Waals surface area (Å²) >= 11 is 6.15. The van der Waals surface area contributed by atoms with Gasteiger partial charge in [-0.15, -0.1) is 0 Å². The number of carbonyl (C=O) groups is 2. The van der Waals surface area contributed by atoms with Crippen LogP contribution in [0.25, 0.3) is 0 Å². The third kappa shape index (κ3) is 3.54. The SMILES string of the molecule is CC1=C(C(=O)OC[C@H]2CCCO2)[C@H](c2c(F)cccc2Cl)NC(=O)N1C. The lowest BCUT2D eigenvalue weighted by Gasteiger charge is -2.33. The molecule has 0 spiro atoms. The number of carbonyl (C=O) groups excluding carboxylic acids is 2. The van der Waals surface area contributed by atoms with Gasteiger partial charge in [-0.25, -0.2) is 14.0 Å². The molecule has 0 saturated carbocycles. The van der Waals surface area contributed by atoms with E-state index in [0.29, 0.717) is 12.3 Å². The summed E-state index contributed by atoms with van der Waals surface area (Å²) in [4.78, 5) is 26.2. The Hall–Kier alpha value is -2.12. The third-order valence-corrected chi connectivity index (χ3v) is 5.02. The van der Waals surface area contributed by atoms with Crippen LogP contribution in [0, 0.1) is 5.82 Å². The zero-order valence-electron chi connectivity index (χ0n) is 14.6. The maximum absolute atomic E-state index is 14.4. The molecule has 0 aromatic heterocycles. The number of hydrogen-bond donors (Lipinski definition) is 1. The maximum atomic E-state index is 14.4. The number of amides is 2. The summed E-state index contributed by atoms with van der Waals surface area (Å²) in [6.07, 6.45) is 1.62. The summed E-state index contributed by atoms with van der Waals surface area (Å²) in [6, 6.07) is 2.72. The van der Waals surface area contributed by atoms with Crippen molar-refractivity contribution in [1.82, 2.24) is 10.2 Å². The number of urea groups is 1. The van der Waals surface area contributed by atoms with Gasteiger partial charge in [-0.3, -0.25) is 0 Å². The Labute approximate surface area is 155 Å². The van der Waals surface area contributed by atoms with Gasteiger partial charge >= 0.3 is 12.0 Å². The van der Waals surface area contributed by atoms with Gasteiger partial charge in [-0.2, -0.15) is 0 Å². The van der Waals surface area contributed by atoms with E-state index in [4.69, 9.17) is 21.1 Å². The molecule has 1 saturated heterocycles. The minimum Gasteiger partial charge on any atom is -0.459 e. The summed E-state index contributed by atoms with van der Waals surface area (Å²) in [6.45, 7) is 2.38.